The molecule has 0 radical (unpaired) electrons. The normalized spacial score (nSPS) is 11.4. The first-order chi connectivity index (χ1) is 14.8. The van der Waals surface area contributed by atoms with E-state index in [1.165, 1.54) is 0 Å². The third-order valence-corrected chi connectivity index (χ3v) is 6.38. The highest BCUT2D eigenvalue weighted by Crippen LogP contribution is 2.22. The van der Waals surface area contributed by atoms with Crippen LogP contribution >= 0.6 is 0 Å². The van der Waals surface area contributed by atoms with Gasteiger partial charge < -0.3 is 9.47 Å². The monoisotopic (exact) mass is 441 g/mol. The lowest BCUT2D eigenvalue weighted by atomic mass is 10.1. The van der Waals surface area contributed by atoms with Crippen LogP contribution in [0, 0.1) is 20.8 Å². The molecule has 0 spiro atoms. The first-order valence-corrected chi connectivity index (χ1v) is 11.6. The molecule has 3 aromatic rings. The molecule has 0 aliphatic carbocycles. The molecule has 31 heavy (non-hydrogen) atoms. The van der Waals surface area contributed by atoms with Crippen molar-refractivity contribution >= 4 is 10.0 Å². The number of nitrogens with zero attached hydrogens (tertiary/aromatic N) is 2. The standard InChI is InChI=1S/C23H27N3O4S/c1-5-29-20-8-6-19(7-9-20)21-10-11-22(26-25-21)30-13-12-24-31(27,28)23-17(3)14-16(2)15-18(23)4/h6-11,14-15,24H,5,12-13H2,1-4H3. The Kier molecular flexibility index (Phi) is 7.25. The predicted molar refractivity (Wildman–Crippen MR) is 120 cm³/mol. The number of ether oxygens (including phenoxy) is 2. The van der Waals surface area contributed by atoms with Gasteiger partial charge in [-0.1, -0.05) is 17.7 Å². The number of hydrogen-bond acceptors (Lipinski definition) is 6. The van der Waals surface area contributed by atoms with E-state index in [1.54, 1.807) is 26.0 Å². The first kappa shape index (κ1) is 22.7. The van der Waals surface area contributed by atoms with E-state index in [1.807, 2.05) is 50.2 Å². The van der Waals surface area contributed by atoms with Crippen LogP contribution in [0.1, 0.15) is 23.6 Å². The van der Waals surface area contributed by atoms with Gasteiger partial charge in [0.25, 0.3) is 0 Å². The highest BCUT2D eigenvalue weighted by Gasteiger charge is 2.19. The van der Waals surface area contributed by atoms with Gasteiger partial charge in [-0.25, -0.2) is 13.1 Å². The van der Waals surface area contributed by atoms with Crippen molar-refractivity contribution in [2.75, 3.05) is 19.8 Å². The van der Waals surface area contributed by atoms with Crippen molar-refractivity contribution in [2.45, 2.75) is 32.6 Å². The molecule has 0 atom stereocenters. The van der Waals surface area contributed by atoms with E-state index in [9.17, 15) is 8.42 Å². The molecule has 7 nitrogen and oxygen atoms in total. The van der Waals surface area contributed by atoms with Gasteiger partial charge in [-0.05, 0) is 69.2 Å². The molecule has 1 heterocycles. The number of benzene rings is 2. The molecule has 1 N–H and O–H groups in total. The third-order valence-electron chi connectivity index (χ3n) is 4.62. The van der Waals surface area contributed by atoms with Gasteiger partial charge in [0, 0.05) is 18.2 Å². The fraction of sp³-hybridized carbons (Fsp3) is 0.304. The summed E-state index contributed by atoms with van der Waals surface area (Å²) in [4.78, 5) is 0.317. The molecule has 0 aliphatic rings. The molecule has 0 saturated heterocycles. The van der Waals surface area contributed by atoms with Gasteiger partial charge in [0.05, 0.1) is 17.2 Å². The molecular formula is C23H27N3O4S. The second-order valence-corrected chi connectivity index (χ2v) is 8.89. The largest absolute Gasteiger partial charge is 0.494 e. The first-order valence-electron chi connectivity index (χ1n) is 10.1. The molecule has 1 aromatic heterocycles. The molecule has 0 unspecified atom stereocenters. The van der Waals surface area contributed by atoms with Crippen LogP contribution in [0.25, 0.3) is 11.3 Å². The van der Waals surface area contributed by atoms with Crippen LogP contribution in [0.15, 0.2) is 53.4 Å². The van der Waals surface area contributed by atoms with Gasteiger partial charge in [0.2, 0.25) is 15.9 Å². The Hall–Kier alpha value is -2.97. The molecule has 8 heteroatoms. The lowest BCUT2D eigenvalue weighted by Gasteiger charge is -2.13. The zero-order valence-corrected chi connectivity index (χ0v) is 19.0. The van der Waals surface area contributed by atoms with Crippen LogP contribution in [0.2, 0.25) is 0 Å². The van der Waals surface area contributed by atoms with E-state index in [0.29, 0.717) is 23.1 Å². The Bertz CT molecular complexity index is 1110. The Labute approximate surface area is 183 Å². The minimum absolute atomic E-state index is 0.122. The van der Waals surface area contributed by atoms with E-state index in [-0.39, 0.29) is 13.2 Å². The van der Waals surface area contributed by atoms with E-state index >= 15 is 0 Å². The lowest BCUT2D eigenvalue weighted by molar-refractivity contribution is 0.307. The van der Waals surface area contributed by atoms with Crippen LogP contribution < -0.4 is 14.2 Å². The SMILES string of the molecule is CCOc1ccc(-c2ccc(OCCNS(=O)(=O)c3c(C)cc(C)cc3C)nn2)cc1. The van der Waals surface area contributed by atoms with Gasteiger partial charge in [-0.2, -0.15) is 0 Å². The Morgan fingerprint density at radius 2 is 1.58 bits per heavy atom. The average molecular weight is 442 g/mol. The van der Waals surface area contributed by atoms with E-state index in [2.05, 4.69) is 14.9 Å². The Morgan fingerprint density at radius 1 is 0.903 bits per heavy atom. The van der Waals surface area contributed by atoms with Crippen LogP contribution in [-0.2, 0) is 10.0 Å². The molecule has 0 amide bonds. The Balaban J connectivity index is 1.55. The zero-order valence-electron chi connectivity index (χ0n) is 18.2. The second kappa shape index (κ2) is 9.89. The van der Waals surface area contributed by atoms with E-state index in [0.717, 1.165) is 28.0 Å². The third kappa shape index (κ3) is 5.80. The van der Waals surface area contributed by atoms with Crippen molar-refractivity contribution in [3.05, 3.63) is 65.2 Å². The number of aromatic nitrogens is 2. The summed E-state index contributed by atoms with van der Waals surface area (Å²) in [7, 11) is -3.62. The highest BCUT2D eigenvalue weighted by molar-refractivity contribution is 7.89. The summed E-state index contributed by atoms with van der Waals surface area (Å²) in [6.45, 7) is 8.36. The number of sulfonamides is 1. The van der Waals surface area contributed by atoms with Crippen LogP contribution in [0.4, 0.5) is 0 Å². The Morgan fingerprint density at radius 3 is 2.16 bits per heavy atom. The fourth-order valence-electron chi connectivity index (χ4n) is 3.43. The van der Waals surface area contributed by atoms with Crippen molar-refractivity contribution in [3.63, 3.8) is 0 Å². The number of aryl methyl sites for hydroxylation is 3. The molecule has 0 fully saturated rings. The van der Waals surface area contributed by atoms with Crippen molar-refractivity contribution in [1.82, 2.24) is 14.9 Å². The zero-order chi connectivity index (χ0) is 22.4. The number of hydrogen-bond donors (Lipinski definition) is 1. The molecule has 3 rings (SSSR count). The van der Waals surface area contributed by atoms with Crippen LogP contribution in [0.3, 0.4) is 0 Å². The van der Waals surface area contributed by atoms with Crippen molar-refractivity contribution in [2.24, 2.45) is 0 Å². The number of rotatable bonds is 9. The van der Waals surface area contributed by atoms with Crippen LogP contribution in [0.5, 0.6) is 11.6 Å². The van der Waals surface area contributed by atoms with Gasteiger partial charge >= 0.3 is 0 Å². The molecule has 0 bridgehead atoms. The van der Waals surface area contributed by atoms with E-state index in [4.69, 9.17) is 9.47 Å². The molecule has 0 saturated carbocycles. The summed E-state index contributed by atoms with van der Waals surface area (Å²) >= 11 is 0. The quantitative estimate of drug-likeness (QED) is 0.508. The summed E-state index contributed by atoms with van der Waals surface area (Å²) in [6.07, 6.45) is 0. The second-order valence-electron chi connectivity index (χ2n) is 7.19. The highest BCUT2D eigenvalue weighted by atomic mass is 32.2. The predicted octanol–water partition coefficient (Wildman–Crippen LogP) is 3.82. The maximum atomic E-state index is 12.7. The van der Waals surface area contributed by atoms with E-state index < -0.39 is 10.0 Å². The van der Waals surface area contributed by atoms with Crippen molar-refractivity contribution < 1.29 is 17.9 Å². The minimum atomic E-state index is -3.62. The van der Waals surface area contributed by atoms with Crippen molar-refractivity contribution in [3.8, 4) is 22.9 Å². The summed E-state index contributed by atoms with van der Waals surface area (Å²) in [6, 6.07) is 14.8. The molecule has 164 valence electrons. The summed E-state index contributed by atoms with van der Waals surface area (Å²) in [5.41, 5.74) is 4.10. The summed E-state index contributed by atoms with van der Waals surface area (Å²) in [5, 5.41) is 8.24. The van der Waals surface area contributed by atoms with Gasteiger partial charge in [0.1, 0.15) is 12.4 Å². The average Bonchev–Trinajstić information content (AvgIpc) is 2.71. The molecular weight excluding hydrogens is 414 g/mol. The summed E-state index contributed by atoms with van der Waals surface area (Å²) < 4.78 is 38.9. The topological polar surface area (TPSA) is 90.4 Å². The maximum Gasteiger partial charge on any atom is 0.241 e. The lowest BCUT2D eigenvalue weighted by Crippen LogP contribution is -2.29. The van der Waals surface area contributed by atoms with Crippen LogP contribution in [-0.4, -0.2) is 38.4 Å². The smallest absolute Gasteiger partial charge is 0.241 e. The minimum Gasteiger partial charge on any atom is -0.494 e. The van der Waals surface area contributed by atoms with Gasteiger partial charge in [-0.15, -0.1) is 10.2 Å². The number of nitrogens with one attached hydrogen (secondary N) is 1. The molecule has 0 aliphatic heterocycles. The molecule has 2 aromatic carbocycles. The van der Waals surface area contributed by atoms with Crippen molar-refractivity contribution in [1.29, 1.82) is 0 Å². The fourth-order valence-corrected chi connectivity index (χ4v) is 4.90. The maximum absolute atomic E-state index is 12.7. The van der Waals surface area contributed by atoms with Gasteiger partial charge in [-0.3, -0.25) is 0 Å². The summed E-state index contributed by atoms with van der Waals surface area (Å²) in [5.74, 6) is 1.13. The van der Waals surface area contributed by atoms with Gasteiger partial charge in [0.15, 0.2) is 0 Å².